The number of likely N-dealkylation sites (tertiary alicyclic amines) is 1. The van der Waals surface area contributed by atoms with Crippen LogP contribution in [0, 0.1) is 0 Å². The standard InChI is InChI=1S/C9H15NO4/c11-6-8(14-7-9(12)13)10-4-2-1-3-5-10/h6,8H,1-5,7H2,(H,12,13). The lowest BCUT2D eigenvalue weighted by Gasteiger charge is -2.30. The zero-order valence-electron chi connectivity index (χ0n) is 8.02. The summed E-state index contributed by atoms with van der Waals surface area (Å²) >= 11 is 0. The molecule has 0 aliphatic carbocycles. The molecule has 14 heavy (non-hydrogen) atoms. The van der Waals surface area contributed by atoms with Crippen LogP contribution in [0.3, 0.4) is 0 Å². The number of piperidine rings is 1. The predicted octanol–water partition coefficient (Wildman–Crippen LogP) is 0.0985. The van der Waals surface area contributed by atoms with Crippen LogP contribution in [0.15, 0.2) is 0 Å². The third-order valence-electron chi connectivity index (χ3n) is 2.24. The topological polar surface area (TPSA) is 66.8 Å². The summed E-state index contributed by atoms with van der Waals surface area (Å²) in [6.45, 7) is 1.20. The summed E-state index contributed by atoms with van der Waals surface area (Å²) in [6, 6.07) is 0. The van der Waals surface area contributed by atoms with E-state index in [1.54, 1.807) is 0 Å². The lowest BCUT2D eigenvalue weighted by molar-refractivity contribution is -0.152. The molecule has 1 atom stereocenters. The minimum atomic E-state index is -1.05. The molecule has 5 nitrogen and oxygen atoms in total. The van der Waals surface area contributed by atoms with Crippen LogP contribution in [0.4, 0.5) is 0 Å². The quantitative estimate of drug-likeness (QED) is 0.639. The first-order valence-corrected chi connectivity index (χ1v) is 4.77. The number of aliphatic carboxylic acids is 1. The summed E-state index contributed by atoms with van der Waals surface area (Å²) in [5.41, 5.74) is 0. The molecule has 1 aliphatic rings. The minimum Gasteiger partial charge on any atom is -0.480 e. The third-order valence-corrected chi connectivity index (χ3v) is 2.24. The van der Waals surface area contributed by atoms with E-state index in [1.807, 2.05) is 4.90 Å². The van der Waals surface area contributed by atoms with E-state index in [9.17, 15) is 9.59 Å². The van der Waals surface area contributed by atoms with Gasteiger partial charge in [0.1, 0.15) is 6.61 Å². The molecule has 5 heteroatoms. The molecule has 80 valence electrons. The molecular weight excluding hydrogens is 186 g/mol. The van der Waals surface area contributed by atoms with Crippen molar-refractivity contribution < 1.29 is 19.4 Å². The smallest absolute Gasteiger partial charge is 0.329 e. The Morgan fingerprint density at radius 2 is 2.07 bits per heavy atom. The fourth-order valence-corrected chi connectivity index (χ4v) is 1.56. The number of ether oxygens (including phenoxy) is 1. The van der Waals surface area contributed by atoms with Crippen molar-refractivity contribution in [1.29, 1.82) is 0 Å². The Morgan fingerprint density at radius 1 is 1.43 bits per heavy atom. The van der Waals surface area contributed by atoms with Gasteiger partial charge in [-0.25, -0.2) is 4.79 Å². The monoisotopic (exact) mass is 201 g/mol. The first kappa shape index (κ1) is 11.1. The second kappa shape index (κ2) is 5.72. The number of aldehydes is 1. The molecule has 1 unspecified atom stereocenters. The molecule has 0 spiro atoms. The van der Waals surface area contributed by atoms with E-state index in [1.165, 1.54) is 6.42 Å². The van der Waals surface area contributed by atoms with Crippen molar-refractivity contribution >= 4 is 12.3 Å². The summed E-state index contributed by atoms with van der Waals surface area (Å²) in [4.78, 5) is 22.8. The van der Waals surface area contributed by atoms with Gasteiger partial charge in [0.25, 0.3) is 0 Å². The van der Waals surface area contributed by atoms with Gasteiger partial charge in [-0.15, -0.1) is 0 Å². The van der Waals surface area contributed by atoms with Gasteiger partial charge in [0.15, 0.2) is 12.5 Å². The van der Waals surface area contributed by atoms with E-state index < -0.39 is 18.8 Å². The van der Waals surface area contributed by atoms with E-state index in [4.69, 9.17) is 9.84 Å². The molecule has 0 radical (unpaired) electrons. The van der Waals surface area contributed by atoms with Crippen LogP contribution in [-0.4, -0.2) is 48.2 Å². The van der Waals surface area contributed by atoms with Gasteiger partial charge in [0.2, 0.25) is 0 Å². The molecule has 0 bridgehead atoms. The Hall–Kier alpha value is -0.940. The number of carboxylic acids is 1. The molecule has 0 aromatic heterocycles. The molecule has 0 saturated carbocycles. The van der Waals surface area contributed by atoms with Crippen LogP contribution < -0.4 is 0 Å². The normalized spacial score (nSPS) is 20.3. The largest absolute Gasteiger partial charge is 0.480 e. The maximum Gasteiger partial charge on any atom is 0.329 e. The van der Waals surface area contributed by atoms with Crippen LogP contribution in [0.2, 0.25) is 0 Å². The maximum atomic E-state index is 10.7. The Morgan fingerprint density at radius 3 is 2.57 bits per heavy atom. The van der Waals surface area contributed by atoms with Gasteiger partial charge in [-0.1, -0.05) is 6.42 Å². The van der Waals surface area contributed by atoms with Crippen LogP contribution in [0.25, 0.3) is 0 Å². The Kier molecular flexibility index (Phi) is 4.55. The maximum absolute atomic E-state index is 10.7. The zero-order chi connectivity index (χ0) is 10.4. The molecule has 0 amide bonds. The molecule has 1 N–H and O–H groups in total. The predicted molar refractivity (Wildman–Crippen MR) is 48.9 cm³/mol. The molecule has 1 heterocycles. The highest BCUT2D eigenvalue weighted by Crippen LogP contribution is 2.11. The number of carbonyl (C=O) groups is 2. The van der Waals surface area contributed by atoms with Crippen LogP contribution in [0.1, 0.15) is 19.3 Å². The average Bonchev–Trinajstić information content (AvgIpc) is 2.20. The number of nitrogens with zero attached hydrogens (tertiary/aromatic N) is 1. The first-order valence-electron chi connectivity index (χ1n) is 4.77. The third kappa shape index (κ3) is 3.43. The van der Waals surface area contributed by atoms with Crippen molar-refractivity contribution in [2.75, 3.05) is 19.7 Å². The number of carboxylic acid groups (broad SMARTS) is 1. The van der Waals surface area contributed by atoms with E-state index in [0.29, 0.717) is 6.29 Å². The van der Waals surface area contributed by atoms with Crippen molar-refractivity contribution in [2.45, 2.75) is 25.5 Å². The zero-order valence-corrected chi connectivity index (χ0v) is 8.02. The Balaban J connectivity index is 2.35. The highest BCUT2D eigenvalue weighted by molar-refractivity contribution is 5.68. The van der Waals surface area contributed by atoms with Gasteiger partial charge in [-0.2, -0.15) is 0 Å². The summed E-state index contributed by atoms with van der Waals surface area (Å²) in [5, 5.41) is 8.40. The van der Waals surface area contributed by atoms with E-state index >= 15 is 0 Å². The molecule has 1 aliphatic heterocycles. The van der Waals surface area contributed by atoms with Crippen LogP contribution >= 0.6 is 0 Å². The average molecular weight is 201 g/mol. The second-order valence-electron chi connectivity index (χ2n) is 3.33. The van der Waals surface area contributed by atoms with Gasteiger partial charge < -0.3 is 9.84 Å². The SMILES string of the molecule is O=CC(OCC(=O)O)N1CCCCC1. The van der Waals surface area contributed by atoms with Gasteiger partial charge in [-0.05, 0) is 12.8 Å². The molecule has 1 fully saturated rings. The fourth-order valence-electron chi connectivity index (χ4n) is 1.56. The summed E-state index contributed by atoms with van der Waals surface area (Å²) in [5.74, 6) is -1.05. The second-order valence-corrected chi connectivity index (χ2v) is 3.33. The highest BCUT2D eigenvalue weighted by atomic mass is 16.5. The van der Waals surface area contributed by atoms with Crippen molar-refractivity contribution in [3.05, 3.63) is 0 Å². The fraction of sp³-hybridized carbons (Fsp3) is 0.778. The Bertz CT molecular complexity index is 201. The van der Waals surface area contributed by atoms with Gasteiger partial charge in [0.05, 0.1) is 0 Å². The molecule has 1 saturated heterocycles. The Labute approximate surface area is 82.6 Å². The van der Waals surface area contributed by atoms with E-state index in [2.05, 4.69) is 0 Å². The van der Waals surface area contributed by atoms with Crippen molar-refractivity contribution in [1.82, 2.24) is 4.90 Å². The highest BCUT2D eigenvalue weighted by Gasteiger charge is 2.20. The van der Waals surface area contributed by atoms with E-state index in [-0.39, 0.29) is 0 Å². The molecular formula is C9H15NO4. The lowest BCUT2D eigenvalue weighted by Crippen LogP contribution is -2.42. The van der Waals surface area contributed by atoms with Gasteiger partial charge >= 0.3 is 5.97 Å². The molecule has 1 rings (SSSR count). The molecule has 0 aromatic rings. The van der Waals surface area contributed by atoms with E-state index in [0.717, 1.165) is 25.9 Å². The number of hydrogen-bond acceptors (Lipinski definition) is 4. The summed E-state index contributed by atoms with van der Waals surface area (Å²) < 4.78 is 4.95. The number of carbonyl (C=O) groups excluding carboxylic acids is 1. The summed E-state index contributed by atoms with van der Waals surface area (Å²) in [7, 11) is 0. The lowest BCUT2D eigenvalue weighted by atomic mass is 10.1. The van der Waals surface area contributed by atoms with Gasteiger partial charge in [0, 0.05) is 13.1 Å². The number of hydrogen-bond donors (Lipinski definition) is 1. The van der Waals surface area contributed by atoms with Crippen LogP contribution in [0.5, 0.6) is 0 Å². The van der Waals surface area contributed by atoms with Crippen molar-refractivity contribution in [3.63, 3.8) is 0 Å². The molecule has 0 aromatic carbocycles. The van der Waals surface area contributed by atoms with Gasteiger partial charge in [-0.3, -0.25) is 9.69 Å². The van der Waals surface area contributed by atoms with Crippen LogP contribution in [-0.2, 0) is 14.3 Å². The number of rotatable bonds is 5. The first-order chi connectivity index (χ1) is 6.74. The minimum absolute atomic E-state index is 0.417. The summed E-state index contributed by atoms with van der Waals surface area (Å²) in [6.07, 6.45) is 3.22. The van der Waals surface area contributed by atoms with Crippen molar-refractivity contribution in [2.24, 2.45) is 0 Å². The van der Waals surface area contributed by atoms with Crippen molar-refractivity contribution in [3.8, 4) is 0 Å².